The van der Waals surface area contributed by atoms with E-state index < -0.39 is 0 Å². The summed E-state index contributed by atoms with van der Waals surface area (Å²) < 4.78 is 8.78. The number of fused-ring (bicyclic) bond motifs is 1. The molecule has 44 heavy (non-hydrogen) atoms. The zero-order chi connectivity index (χ0) is 30.8. The molecule has 0 fully saturated rings. The summed E-state index contributed by atoms with van der Waals surface area (Å²) in [5.41, 5.74) is 6.86. The van der Waals surface area contributed by atoms with Gasteiger partial charge in [-0.15, -0.1) is 0 Å². The molecule has 6 nitrogen and oxygen atoms in total. The van der Waals surface area contributed by atoms with Gasteiger partial charge in [-0.2, -0.15) is 15.2 Å². The van der Waals surface area contributed by atoms with Gasteiger partial charge in [-0.05, 0) is 76.2 Å². The summed E-state index contributed by atoms with van der Waals surface area (Å²) in [6.07, 6.45) is 1.88. The van der Waals surface area contributed by atoms with Crippen LogP contribution in [-0.4, -0.2) is 14.5 Å². The number of hydrogen-bond donors (Lipinski definition) is 1. The largest absolute Gasteiger partial charge is 0.437 e. The molecule has 1 aliphatic rings. The van der Waals surface area contributed by atoms with E-state index in [1.165, 1.54) is 22.1 Å². The number of rotatable bonds is 6. The number of nitriles is 1. The third-order valence-electron chi connectivity index (χ3n) is 9.44. The van der Waals surface area contributed by atoms with E-state index in [9.17, 15) is 5.26 Å². The first-order valence-corrected chi connectivity index (χ1v) is 15.1. The number of nitrogens with zero attached hydrogens (tertiary/aromatic N) is 4. The molecule has 6 aromatic rings. The van der Waals surface area contributed by atoms with Crippen molar-refractivity contribution in [3.8, 4) is 17.7 Å². The van der Waals surface area contributed by atoms with Gasteiger partial charge in [0.05, 0.1) is 16.7 Å². The third-order valence-corrected chi connectivity index (χ3v) is 9.72. The highest BCUT2D eigenvalue weighted by molar-refractivity contribution is 6.36. The lowest BCUT2D eigenvalue weighted by molar-refractivity contribution is 0.322. The number of nitrogens with one attached hydrogen (secondary N) is 1. The second kappa shape index (κ2) is 10.1. The fraction of sp³-hybridized carbons (Fsp3) is 0.216. The fourth-order valence-corrected chi connectivity index (χ4v) is 6.66. The lowest BCUT2D eigenvalue weighted by atomic mass is 9.66. The van der Waals surface area contributed by atoms with Crippen LogP contribution in [0.1, 0.15) is 55.5 Å². The molecular weight excluding hydrogens is 566 g/mol. The van der Waals surface area contributed by atoms with Crippen LogP contribution in [0.2, 0.25) is 5.02 Å². The Bertz CT molecular complexity index is 2120. The quantitative estimate of drug-likeness (QED) is 0.207. The molecule has 4 aromatic carbocycles. The van der Waals surface area contributed by atoms with Gasteiger partial charge in [0, 0.05) is 23.8 Å². The van der Waals surface area contributed by atoms with E-state index in [2.05, 4.69) is 82.4 Å². The normalized spacial score (nSPS) is 14.6. The molecule has 0 amide bonds. The molecule has 0 atom stereocenters. The topological polar surface area (TPSA) is 75.8 Å². The second-order valence-corrected chi connectivity index (χ2v) is 13.1. The standard InChI is InChI=1S/C37H32ClN5O/c1-22-17-26-30(16-15-27-31(26)28(18-22)37(4,5)36(27,2)3)44-34-32-29(38)21-43(20-24-9-7-6-8-10-24)33(32)41-35(42-34)40-25-13-11-23(19-39)12-14-25/h6-18,21H,20H2,1-5H3,(H,40,41,42). The van der Waals surface area contributed by atoms with Crippen molar-refractivity contribution < 1.29 is 4.74 Å². The Morgan fingerprint density at radius 2 is 1.61 bits per heavy atom. The van der Waals surface area contributed by atoms with Crippen molar-refractivity contribution >= 4 is 45.0 Å². The molecule has 1 N–H and O–H groups in total. The zero-order valence-electron chi connectivity index (χ0n) is 25.4. The van der Waals surface area contributed by atoms with Crippen molar-refractivity contribution in [2.24, 2.45) is 0 Å². The van der Waals surface area contributed by atoms with Gasteiger partial charge in [0.15, 0.2) is 5.65 Å². The minimum absolute atomic E-state index is 0.0434. The van der Waals surface area contributed by atoms with Crippen LogP contribution in [0.5, 0.6) is 11.6 Å². The van der Waals surface area contributed by atoms with Gasteiger partial charge in [0.2, 0.25) is 11.8 Å². The molecule has 2 aromatic heterocycles. The molecule has 0 radical (unpaired) electrons. The summed E-state index contributed by atoms with van der Waals surface area (Å²) in [5, 5.41) is 16.0. The minimum Gasteiger partial charge on any atom is -0.437 e. The Labute approximate surface area is 261 Å². The van der Waals surface area contributed by atoms with Crippen LogP contribution in [0.4, 0.5) is 11.6 Å². The highest BCUT2D eigenvalue weighted by Crippen LogP contribution is 2.56. The molecule has 0 saturated carbocycles. The van der Waals surface area contributed by atoms with Crippen molar-refractivity contribution in [1.29, 1.82) is 5.26 Å². The smallest absolute Gasteiger partial charge is 0.235 e. The van der Waals surface area contributed by atoms with Crippen molar-refractivity contribution in [2.75, 3.05) is 5.32 Å². The summed E-state index contributed by atoms with van der Waals surface area (Å²) in [5.74, 6) is 1.46. The number of hydrogen-bond acceptors (Lipinski definition) is 5. The van der Waals surface area contributed by atoms with Crippen molar-refractivity contribution in [2.45, 2.75) is 52.0 Å². The number of aryl methyl sites for hydroxylation is 1. The Morgan fingerprint density at radius 1 is 0.886 bits per heavy atom. The van der Waals surface area contributed by atoms with E-state index in [1.807, 2.05) is 41.1 Å². The highest BCUT2D eigenvalue weighted by Gasteiger charge is 2.47. The predicted molar refractivity (Wildman–Crippen MR) is 177 cm³/mol. The van der Waals surface area contributed by atoms with Gasteiger partial charge in [-0.1, -0.05) is 87.3 Å². The van der Waals surface area contributed by atoms with Gasteiger partial charge in [-0.25, -0.2) is 0 Å². The SMILES string of the molecule is Cc1cc2c3c(ccc(Oc4nc(Nc5ccc(C#N)cc5)nc5c4c(Cl)cn5Cc4ccccc4)c3c1)C(C)(C)C2(C)C. The second-order valence-electron chi connectivity index (χ2n) is 12.7. The molecular formula is C37H32ClN5O. The Balaban J connectivity index is 1.40. The first kappa shape index (κ1) is 27.9. The summed E-state index contributed by atoms with van der Waals surface area (Å²) in [6.45, 7) is 12.0. The lowest BCUT2D eigenvalue weighted by Gasteiger charge is -2.37. The number of benzene rings is 4. The maximum Gasteiger partial charge on any atom is 0.235 e. The average molecular weight is 598 g/mol. The molecule has 0 saturated heterocycles. The van der Waals surface area contributed by atoms with E-state index in [-0.39, 0.29) is 10.8 Å². The molecule has 7 heteroatoms. The van der Waals surface area contributed by atoms with Crippen LogP contribution in [0.15, 0.2) is 85.1 Å². The summed E-state index contributed by atoms with van der Waals surface area (Å²) in [4.78, 5) is 9.75. The van der Waals surface area contributed by atoms with E-state index in [0.29, 0.717) is 40.0 Å². The monoisotopic (exact) mass is 597 g/mol. The molecule has 0 spiro atoms. The average Bonchev–Trinajstić information content (AvgIpc) is 3.39. The zero-order valence-corrected chi connectivity index (χ0v) is 26.1. The van der Waals surface area contributed by atoms with E-state index >= 15 is 0 Å². The summed E-state index contributed by atoms with van der Waals surface area (Å²) in [6, 6.07) is 28.3. The maximum absolute atomic E-state index is 9.23. The van der Waals surface area contributed by atoms with Gasteiger partial charge in [-0.3, -0.25) is 0 Å². The molecule has 0 bridgehead atoms. The highest BCUT2D eigenvalue weighted by atomic mass is 35.5. The molecule has 218 valence electrons. The molecule has 1 aliphatic carbocycles. The van der Waals surface area contributed by atoms with Crippen LogP contribution >= 0.6 is 11.6 Å². The summed E-state index contributed by atoms with van der Waals surface area (Å²) >= 11 is 6.91. The van der Waals surface area contributed by atoms with Crippen LogP contribution in [0.25, 0.3) is 21.8 Å². The van der Waals surface area contributed by atoms with Crippen molar-refractivity contribution in [1.82, 2.24) is 14.5 Å². The number of aromatic nitrogens is 3. The first-order chi connectivity index (χ1) is 21.1. The van der Waals surface area contributed by atoms with Gasteiger partial charge in [0.1, 0.15) is 11.1 Å². The third kappa shape index (κ3) is 4.39. The number of ether oxygens (including phenoxy) is 1. The Kier molecular flexibility index (Phi) is 6.42. The molecule has 7 rings (SSSR count). The van der Waals surface area contributed by atoms with Gasteiger partial charge < -0.3 is 14.6 Å². The maximum atomic E-state index is 9.23. The van der Waals surface area contributed by atoms with Crippen molar-refractivity contribution in [3.63, 3.8) is 0 Å². The Hall–Kier alpha value is -4.86. The van der Waals surface area contributed by atoms with Crippen LogP contribution in [-0.2, 0) is 17.4 Å². The molecule has 0 aliphatic heterocycles. The Morgan fingerprint density at radius 3 is 2.34 bits per heavy atom. The van der Waals surface area contributed by atoms with Gasteiger partial charge >= 0.3 is 0 Å². The summed E-state index contributed by atoms with van der Waals surface area (Å²) in [7, 11) is 0. The van der Waals surface area contributed by atoms with E-state index in [4.69, 9.17) is 26.3 Å². The molecule has 2 heterocycles. The molecule has 0 unspecified atom stereocenters. The van der Waals surface area contributed by atoms with E-state index in [1.54, 1.807) is 12.1 Å². The number of halogens is 1. The first-order valence-electron chi connectivity index (χ1n) is 14.7. The fourth-order valence-electron chi connectivity index (χ4n) is 6.38. The lowest BCUT2D eigenvalue weighted by Crippen LogP contribution is -2.35. The minimum atomic E-state index is -0.0451. The van der Waals surface area contributed by atoms with E-state index in [0.717, 1.165) is 22.4 Å². The van der Waals surface area contributed by atoms with Crippen LogP contribution in [0.3, 0.4) is 0 Å². The predicted octanol–water partition coefficient (Wildman–Crippen LogP) is 9.57. The van der Waals surface area contributed by atoms with Crippen LogP contribution < -0.4 is 10.1 Å². The van der Waals surface area contributed by atoms with Crippen molar-refractivity contribution in [3.05, 3.63) is 118 Å². The number of anilines is 2. The van der Waals surface area contributed by atoms with Crippen LogP contribution in [0, 0.1) is 18.3 Å². The van der Waals surface area contributed by atoms with Gasteiger partial charge in [0.25, 0.3) is 0 Å².